The molecule has 0 unspecified atom stereocenters. The molecule has 0 aliphatic heterocycles. The third-order valence-electron chi connectivity index (χ3n) is 3.47. The largest absolute Gasteiger partial charge is 0.492 e. The smallest absolute Gasteiger partial charge is 0.265 e. The Hall–Kier alpha value is -3.07. The van der Waals surface area contributed by atoms with Crippen molar-refractivity contribution >= 4 is 15.7 Å². The second-order valence-corrected chi connectivity index (χ2v) is 7.08. The second-order valence-electron chi connectivity index (χ2n) is 5.43. The molecule has 0 fully saturated rings. The molecule has 1 N–H and O–H groups in total. The quantitative estimate of drug-likeness (QED) is 0.694. The summed E-state index contributed by atoms with van der Waals surface area (Å²) in [5.41, 5.74) is 0.334. The van der Waals surface area contributed by atoms with Crippen LogP contribution in [0.1, 0.15) is 6.92 Å². The van der Waals surface area contributed by atoms with Gasteiger partial charge < -0.3 is 4.74 Å². The second kappa shape index (κ2) is 7.67. The average Bonchev–Trinajstić information content (AvgIpc) is 2.61. The summed E-state index contributed by atoms with van der Waals surface area (Å²) in [5, 5.41) is 0. The lowest BCUT2D eigenvalue weighted by Gasteiger charge is -2.14. The minimum atomic E-state index is -4.15. The van der Waals surface area contributed by atoms with Gasteiger partial charge in [0.05, 0.1) is 12.3 Å². The third kappa shape index (κ3) is 4.37. The molecule has 140 valence electrons. The highest BCUT2D eigenvalue weighted by atomic mass is 32.2. The topological polar surface area (TPSA) is 81.2 Å². The predicted molar refractivity (Wildman–Crippen MR) is 95.8 cm³/mol. The molecule has 1 aromatic heterocycles. The van der Waals surface area contributed by atoms with E-state index in [9.17, 15) is 17.2 Å². The summed E-state index contributed by atoms with van der Waals surface area (Å²) >= 11 is 0. The van der Waals surface area contributed by atoms with E-state index < -0.39 is 21.7 Å². The summed E-state index contributed by atoms with van der Waals surface area (Å²) in [6.45, 7) is 1.92. The first-order valence-corrected chi connectivity index (χ1v) is 9.40. The van der Waals surface area contributed by atoms with Gasteiger partial charge in [-0.15, -0.1) is 0 Å². The molecule has 1 heterocycles. The van der Waals surface area contributed by atoms with Gasteiger partial charge >= 0.3 is 0 Å². The normalized spacial score (nSPS) is 11.2. The number of sulfonamides is 1. The fraction of sp³-hybridized carbons (Fsp3) is 0.111. The molecule has 2 aromatic carbocycles. The van der Waals surface area contributed by atoms with Crippen molar-refractivity contribution in [3.05, 3.63) is 66.5 Å². The lowest BCUT2D eigenvalue weighted by Crippen LogP contribution is -2.15. The first-order chi connectivity index (χ1) is 12.9. The van der Waals surface area contributed by atoms with Crippen LogP contribution >= 0.6 is 0 Å². The van der Waals surface area contributed by atoms with E-state index >= 15 is 0 Å². The number of halogens is 2. The Kier molecular flexibility index (Phi) is 5.31. The number of rotatable bonds is 6. The fourth-order valence-electron chi connectivity index (χ4n) is 2.41. The van der Waals surface area contributed by atoms with Crippen molar-refractivity contribution in [2.45, 2.75) is 11.8 Å². The van der Waals surface area contributed by atoms with Crippen molar-refractivity contribution in [2.75, 3.05) is 11.3 Å². The summed E-state index contributed by atoms with van der Waals surface area (Å²) in [6.07, 6.45) is 3.13. The highest BCUT2D eigenvalue weighted by molar-refractivity contribution is 7.92. The monoisotopic (exact) mass is 391 g/mol. The van der Waals surface area contributed by atoms with E-state index in [1.54, 1.807) is 25.4 Å². The highest BCUT2D eigenvalue weighted by Crippen LogP contribution is 2.30. The van der Waals surface area contributed by atoms with Gasteiger partial charge in [0.25, 0.3) is 10.0 Å². The minimum Gasteiger partial charge on any atom is -0.492 e. The number of nitrogens with one attached hydrogen (secondary N) is 1. The molecule has 27 heavy (non-hydrogen) atoms. The number of hydrogen-bond acceptors (Lipinski definition) is 5. The first kappa shape index (κ1) is 18.7. The van der Waals surface area contributed by atoms with Crippen molar-refractivity contribution in [3.8, 4) is 17.1 Å². The van der Waals surface area contributed by atoms with Crippen LogP contribution in [0.2, 0.25) is 0 Å². The molecule has 0 aliphatic carbocycles. The Morgan fingerprint density at radius 3 is 2.33 bits per heavy atom. The van der Waals surface area contributed by atoms with Crippen molar-refractivity contribution in [1.29, 1.82) is 0 Å². The van der Waals surface area contributed by atoms with E-state index in [-0.39, 0.29) is 22.9 Å². The van der Waals surface area contributed by atoms with E-state index in [1.165, 1.54) is 18.2 Å². The van der Waals surface area contributed by atoms with Gasteiger partial charge in [-0.1, -0.05) is 0 Å². The maximum absolute atomic E-state index is 13.3. The minimum absolute atomic E-state index is 0.0758. The molecule has 0 atom stereocenters. The third-order valence-corrected chi connectivity index (χ3v) is 4.89. The first-order valence-electron chi connectivity index (χ1n) is 7.92. The van der Waals surface area contributed by atoms with Gasteiger partial charge in [-0.05, 0) is 43.3 Å². The molecule has 0 spiro atoms. The van der Waals surface area contributed by atoms with Crippen LogP contribution in [0, 0.1) is 11.6 Å². The Labute approximate surface area is 154 Å². The van der Waals surface area contributed by atoms with Crippen LogP contribution in [0.15, 0.2) is 59.8 Å². The van der Waals surface area contributed by atoms with Crippen molar-refractivity contribution in [2.24, 2.45) is 0 Å². The standard InChI is InChI=1S/C18H15F2N3O3S/c1-2-26-16-8-12(18-21-6-3-7-22-18)4-5-17(16)27(24,25)23-15-10-13(19)9-14(20)11-15/h3-11,23H,2H2,1H3. The molecule has 0 amide bonds. The molecule has 3 aromatic rings. The van der Waals surface area contributed by atoms with Crippen LogP contribution in [0.3, 0.4) is 0 Å². The van der Waals surface area contributed by atoms with Gasteiger partial charge in [0, 0.05) is 24.0 Å². The zero-order valence-corrected chi connectivity index (χ0v) is 15.0. The summed E-state index contributed by atoms with van der Waals surface area (Å²) < 4.78 is 59.7. The van der Waals surface area contributed by atoms with E-state index in [0.717, 1.165) is 12.1 Å². The summed E-state index contributed by atoms with van der Waals surface area (Å²) in [5.74, 6) is -1.31. The molecule has 0 aliphatic rings. The molecule has 0 bridgehead atoms. The molecule has 0 radical (unpaired) electrons. The Morgan fingerprint density at radius 2 is 1.70 bits per heavy atom. The van der Waals surface area contributed by atoms with Crippen molar-refractivity contribution < 1.29 is 21.9 Å². The molecule has 0 saturated carbocycles. The van der Waals surface area contributed by atoms with Crippen LogP contribution in [-0.2, 0) is 10.0 Å². The van der Waals surface area contributed by atoms with Crippen molar-refractivity contribution in [1.82, 2.24) is 9.97 Å². The van der Waals surface area contributed by atoms with Gasteiger partial charge in [0.2, 0.25) is 0 Å². The van der Waals surface area contributed by atoms with Gasteiger partial charge in [-0.3, -0.25) is 4.72 Å². The molecule has 6 nitrogen and oxygen atoms in total. The van der Waals surface area contributed by atoms with Crippen LogP contribution in [0.25, 0.3) is 11.4 Å². The van der Waals surface area contributed by atoms with Gasteiger partial charge in [0.1, 0.15) is 22.3 Å². The van der Waals surface area contributed by atoms with Gasteiger partial charge in [0.15, 0.2) is 5.82 Å². The Morgan fingerprint density at radius 1 is 1.04 bits per heavy atom. The van der Waals surface area contributed by atoms with E-state index in [0.29, 0.717) is 17.5 Å². The lowest BCUT2D eigenvalue weighted by atomic mass is 10.2. The number of aromatic nitrogens is 2. The van der Waals surface area contributed by atoms with Crippen LogP contribution in [-0.4, -0.2) is 25.0 Å². The average molecular weight is 391 g/mol. The molecular weight excluding hydrogens is 376 g/mol. The summed E-state index contributed by atoms with van der Waals surface area (Å²) in [7, 11) is -4.15. The number of benzene rings is 2. The molecule has 9 heteroatoms. The zero-order chi connectivity index (χ0) is 19.4. The Bertz CT molecular complexity index is 1040. The van der Waals surface area contributed by atoms with Crippen LogP contribution in [0.4, 0.5) is 14.5 Å². The SMILES string of the molecule is CCOc1cc(-c2ncccn2)ccc1S(=O)(=O)Nc1cc(F)cc(F)c1. The maximum Gasteiger partial charge on any atom is 0.265 e. The predicted octanol–water partition coefficient (Wildman–Crippen LogP) is 3.62. The van der Waals surface area contributed by atoms with Crippen molar-refractivity contribution in [3.63, 3.8) is 0 Å². The number of anilines is 1. The zero-order valence-electron chi connectivity index (χ0n) is 14.2. The van der Waals surface area contributed by atoms with Crippen LogP contribution in [0.5, 0.6) is 5.75 Å². The van der Waals surface area contributed by atoms with Gasteiger partial charge in [-0.25, -0.2) is 27.2 Å². The van der Waals surface area contributed by atoms with Crippen LogP contribution < -0.4 is 9.46 Å². The fourth-order valence-corrected chi connectivity index (χ4v) is 3.58. The number of ether oxygens (including phenoxy) is 1. The maximum atomic E-state index is 13.3. The lowest BCUT2D eigenvalue weighted by molar-refractivity contribution is 0.331. The number of nitrogens with zero attached hydrogens (tertiary/aromatic N) is 2. The van der Waals surface area contributed by atoms with Gasteiger partial charge in [-0.2, -0.15) is 0 Å². The van der Waals surface area contributed by atoms with E-state index in [1.807, 2.05) is 0 Å². The molecular formula is C18H15F2N3O3S. The molecule has 3 rings (SSSR count). The van der Waals surface area contributed by atoms with E-state index in [2.05, 4.69) is 14.7 Å². The van der Waals surface area contributed by atoms with E-state index in [4.69, 9.17) is 4.74 Å². The summed E-state index contributed by atoms with van der Waals surface area (Å²) in [4.78, 5) is 8.06. The summed E-state index contributed by atoms with van der Waals surface area (Å²) in [6, 6.07) is 8.43. The highest BCUT2D eigenvalue weighted by Gasteiger charge is 2.21. The number of hydrogen-bond donors (Lipinski definition) is 1. The molecule has 0 saturated heterocycles. The Balaban J connectivity index is 2.01.